The van der Waals surface area contributed by atoms with Crippen molar-refractivity contribution in [1.82, 2.24) is 4.72 Å². The van der Waals surface area contributed by atoms with E-state index in [4.69, 9.17) is 5.73 Å². The van der Waals surface area contributed by atoms with Crippen molar-refractivity contribution in [2.24, 2.45) is 0 Å². The highest BCUT2D eigenvalue weighted by Crippen LogP contribution is 2.32. The summed E-state index contributed by atoms with van der Waals surface area (Å²) in [6, 6.07) is 1.44. The number of aliphatic hydroxyl groups is 1. The average molecular weight is 276 g/mol. The highest BCUT2D eigenvalue weighted by atomic mass is 32.2. The molecule has 0 spiro atoms. The van der Waals surface area contributed by atoms with Gasteiger partial charge in [-0.1, -0.05) is 12.8 Å². The minimum atomic E-state index is -3.56. The molecular formula is C10H16N2O3S2. The van der Waals surface area contributed by atoms with Gasteiger partial charge < -0.3 is 10.8 Å². The summed E-state index contributed by atoms with van der Waals surface area (Å²) >= 11 is 1.09. The largest absolute Gasteiger partial charge is 0.398 e. The predicted octanol–water partition coefficient (Wildman–Crippen LogP) is 0.914. The van der Waals surface area contributed by atoms with Crippen LogP contribution >= 0.6 is 11.3 Å². The number of hydrogen-bond donors (Lipinski definition) is 3. The molecule has 0 atom stereocenters. The van der Waals surface area contributed by atoms with Gasteiger partial charge in [-0.15, -0.1) is 11.3 Å². The quantitative estimate of drug-likeness (QED) is 0.762. The van der Waals surface area contributed by atoms with Gasteiger partial charge in [0, 0.05) is 11.1 Å². The summed E-state index contributed by atoms with van der Waals surface area (Å²) in [5.74, 6) is 0. The zero-order chi connectivity index (χ0) is 12.5. The molecule has 2 rings (SSSR count). The van der Waals surface area contributed by atoms with Gasteiger partial charge in [-0.2, -0.15) is 0 Å². The highest BCUT2D eigenvalue weighted by Gasteiger charge is 2.37. The zero-order valence-corrected chi connectivity index (χ0v) is 11.0. The Bertz CT molecular complexity index is 489. The average Bonchev–Trinajstić information content (AvgIpc) is 2.87. The van der Waals surface area contributed by atoms with E-state index >= 15 is 0 Å². The first-order chi connectivity index (χ1) is 7.97. The molecule has 0 bridgehead atoms. The monoisotopic (exact) mass is 276 g/mol. The molecule has 0 saturated heterocycles. The number of thiophene rings is 1. The lowest BCUT2D eigenvalue weighted by atomic mass is 10.0. The van der Waals surface area contributed by atoms with Crippen molar-refractivity contribution in [3.05, 3.63) is 11.4 Å². The molecule has 1 heterocycles. The van der Waals surface area contributed by atoms with E-state index in [-0.39, 0.29) is 10.8 Å². The first-order valence-electron chi connectivity index (χ1n) is 5.46. The van der Waals surface area contributed by atoms with Crippen LogP contribution in [0.15, 0.2) is 15.7 Å². The van der Waals surface area contributed by atoms with Gasteiger partial charge in [0.15, 0.2) is 0 Å². The molecule has 0 aromatic carbocycles. The van der Waals surface area contributed by atoms with Crippen LogP contribution in [0.3, 0.4) is 0 Å². The maximum atomic E-state index is 12.1. The van der Waals surface area contributed by atoms with Gasteiger partial charge in [-0.25, -0.2) is 13.1 Å². The van der Waals surface area contributed by atoms with E-state index in [0.29, 0.717) is 18.5 Å². The van der Waals surface area contributed by atoms with Gasteiger partial charge in [0.2, 0.25) is 0 Å². The molecule has 1 aliphatic rings. The van der Waals surface area contributed by atoms with E-state index in [1.165, 1.54) is 6.07 Å². The van der Waals surface area contributed by atoms with Crippen LogP contribution in [-0.4, -0.2) is 25.7 Å². The van der Waals surface area contributed by atoms with Crippen molar-refractivity contribution >= 4 is 27.0 Å². The Kier molecular flexibility index (Phi) is 3.44. The fourth-order valence-electron chi connectivity index (χ4n) is 2.15. The normalized spacial score (nSPS) is 19.6. The lowest BCUT2D eigenvalue weighted by Crippen LogP contribution is -2.48. The van der Waals surface area contributed by atoms with Crippen LogP contribution in [0.1, 0.15) is 25.7 Å². The van der Waals surface area contributed by atoms with E-state index < -0.39 is 15.6 Å². The number of sulfonamides is 1. The number of aliphatic hydroxyl groups excluding tert-OH is 1. The predicted molar refractivity (Wildman–Crippen MR) is 67.3 cm³/mol. The van der Waals surface area contributed by atoms with Gasteiger partial charge >= 0.3 is 0 Å². The van der Waals surface area contributed by atoms with Crippen molar-refractivity contribution in [3.8, 4) is 0 Å². The number of nitrogens with one attached hydrogen (secondary N) is 1. The highest BCUT2D eigenvalue weighted by molar-refractivity contribution is 7.91. The smallest absolute Gasteiger partial charge is 0.250 e. The molecule has 0 radical (unpaired) electrons. The Morgan fingerprint density at radius 3 is 2.59 bits per heavy atom. The number of anilines is 1. The molecule has 17 heavy (non-hydrogen) atoms. The molecule has 0 amide bonds. The van der Waals surface area contributed by atoms with Crippen LogP contribution in [0.2, 0.25) is 0 Å². The molecule has 1 aliphatic carbocycles. The van der Waals surface area contributed by atoms with E-state index in [9.17, 15) is 13.5 Å². The standard InChI is InChI=1S/C10H16N2O3S2/c11-8-5-9(16-6-8)17(14,15)12-10(7-13)3-1-2-4-10/h5-6,12-13H,1-4,7,11H2. The third-order valence-corrected chi connectivity index (χ3v) is 6.11. The van der Waals surface area contributed by atoms with Crippen LogP contribution < -0.4 is 10.5 Å². The Hall–Kier alpha value is -0.630. The molecule has 5 nitrogen and oxygen atoms in total. The molecule has 0 aliphatic heterocycles. The Morgan fingerprint density at radius 2 is 2.12 bits per heavy atom. The van der Waals surface area contributed by atoms with Gasteiger partial charge in [0.1, 0.15) is 4.21 Å². The minimum absolute atomic E-state index is 0.160. The van der Waals surface area contributed by atoms with Crippen LogP contribution in [-0.2, 0) is 10.0 Å². The maximum absolute atomic E-state index is 12.1. The molecule has 1 aromatic heterocycles. The van der Waals surface area contributed by atoms with Crippen molar-refractivity contribution in [2.75, 3.05) is 12.3 Å². The van der Waals surface area contributed by atoms with E-state index in [1.54, 1.807) is 5.38 Å². The number of nitrogens with two attached hydrogens (primary N) is 1. The number of hydrogen-bond acceptors (Lipinski definition) is 5. The Labute approximate surface area is 105 Å². The molecule has 4 N–H and O–H groups in total. The molecule has 1 fully saturated rings. The minimum Gasteiger partial charge on any atom is -0.398 e. The molecule has 7 heteroatoms. The van der Waals surface area contributed by atoms with E-state index in [2.05, 4.69) is 4.72 Å². The summed E-state index contributed by atoms with van der Waals surface area (Å²) < 4.78 is 27.0. The van der Waals surface area contributed by atoms with Crippen LogP contribution in [0.5, 0.6) is 0 Å². The number of rotatable bonds is 4. The van der Waals surface area contributed by atoms with Gasteiger partial charge in [-0.3, -0.25) is 0 Å². The van der Waals surface area contributed by atoms with Gasteiger partial charge in [-0.05, 0) is 18.9 Å². The third-order valence-electron chi connectivity index (χ3n) is 3.07. The van der Waals surface area contributed by atoms with Gasteiger partial charge in [0.25, 0.3) is 10.0 Å². The molecular weight excluding hydrogens is 260 g/mol. The molecule has 1 saturated carbocycles. The zero-order valence-electron chi connectivity index (χ0n) is 9.35. The first-order valence-corrected chi connectivity index (χ1v) is 7.83. The second-order valence-electron chi connectivity index (χ2n) is 4.45. The van der Waals surface area contributed by atoms with Crippen LogP contribution in [0, 0.1) is 0 Å². The molecule has 96 valence electrons. The topological polar surface area (TPSA) is 92.4 Å². The summed E-state index contributed by atoms with van der Waals surface area (Å²) in [6.07, 6.45) is 3.25. The lowest BCUT2D eigenvalue weighted by Gasteiger charge is -2.27. The fraction of sp³-hybridized carbons (Fsp3) is 0.600. The summed E-state index contributed by atoms with van der Waals surface area (Å²) in [5, 5.41) is 11.0. The van der Waals surface area contributed by atoms with Crippen LogP contribution in [0.25, 0.3) is 0 Å². The van der Waals surface area contributed by atoms with Crippen molar-refractivity contribution in [2.45, 2.75) is 35.4 Å². The summed E-state index contributed by atoms with van der Waals surface area (Å²) in [6.45, 7) is -0.160. The summed E-state index contributed by atoms with van der Waals surface area (Å²) in [5.41, 5.74) is 5.28. The first kappa shape index (κ1) is 12.8. The second-order valence-corrected chi connectivity index (χ2v) is 7.27. The van der Waals surface area contributed by atoms with Crippen LogP contribution in [0.4, 0.5) is 5.69 Å². The summed E-state index contributed by atoms with van der Waals surface area (Å²) in [4.78, 5) is 0. The maximum Gasteiger partial charge on any atom is 0.250 e. The second kappa shape index (κ2) is 4.56. The lowest BCUT2D eigenvalue weighted by molar-refractivity contribution is 0.185. The van der Waals surface area contributed by atoms with Crippen molar-refractivity contribution in [3.63, 3.8) is 0 Å². The molecule has 0 unspecified atom stereocenters. The fourth-order valence-corrected chi connectivity index (χ4v) is 4.68. The molecule has 1 aromatic rings. The Balaban J connectivity index is 2.22. The van der Waals surface area contributed by atoms with E-state index in [1.807, 2.05) is 0 Å². The summed E-state index contributed by atoms with van der Waals surface area (Å²) in [7, 11) is -3.56. The number of nitrogen functional groups attached to an aromatic ring is 1. The Morgan fingerprint density at radius 1 is 1.47 bits per heavy atom. The van der Waals surface area contributed by atoms with E-state index in [0.717, 1.165) is 24.2 Å². The van der Waals surface area contributed by atoms with Gasteiger partial charge in [0.05, 0.1) is 12.1 Å². The van der Waals surface area contributed by atoms with Crippen molar-refractivity contribution < 1.29 is 13.5 Å². The van der Waals surface area contributed by atoms with Crippen molar-refractivity contribution in [1.29, 1.82) is 0 Å². The third kappa shape index (κ3) is 2.62. The SMILES string of the molecule is Nc1csc(S(=O)(=O)NC2(CO)CCCC2)c1.